The van der Waals surface area contributed by atoms with Crippen molar-refractivity contribution >= 4 is 16.0 Å². The Hall–Kier alpha value is -2.00. The Labute approximate surface area is 174 Å². The van der Waals surface area contributed by atoms with Crippen molar-refractivity contribution in [3.05, 3.63) is 24.3 Å². The first-order chi connectivity index (χ1) is 13.9. The van der Waals surface area contributed by atoms with Crippen LogP contribution in [0.2, 0.25) is 0 Å². The number of nitrogens with zero attached hydrogens (tertiary/aromatic N) is 2. The van der Waals surface area contributed by atoms with Crippen LogP contribution in [0.15, 0.2) is 29.3 Å². The molecular weight excluding hydrogens is 392 g/mol. The molecule has 9 heteroatoms. The lowest BCUT2D eigenvalue weighted by molar-refractivity contribution is 0.219. The van der Waals surface area contributed by atoms with Gasteiger partial charge < -0.3 is 20.1 Å². The molecule has 2 rings (SSSR count). The van der Waals surface area contributed by atoms with Crippen LogP contribution in [-0.2, 0) is 10.0 Å². The van der Waals surface area contributed by atoms with E-state index in [4.69, 9.17) is 9.47 Å². The highest BCUT2D eigenvalue weighted by Gasteiger charge is 2.27. The summed E-state index contributed by atoms with van der Waals surface area (Å²) in [6.07, 6.45) is 1.40. The van der Waals surface area contributed by atoms with E-state index in [1.54, 1.807) is 18.3 Å². The van der Waals surface area contributed by atoms with Crippen LogP contribution in [0.4, 0.5) is 0 Å². The quantitative estimate of drug-likeness (QED) is 0.462. The van der Waals surface area contributed by atoms with Crippen LogP contribution < -0.4 is 20.1 Å². The molecule has 1 unspecified atom stereocenters. The molecule has 0 spiro atoms. The molecule has 0 bridgehead atoms. The zero-order valence-corrected chi connectivity index (χ0v) is 18.7. The van der Waals surface area contributed by atoms with Crippen molar-refractivity contribution < 1.29 is 17.9 Å². The van der Waals surface area contributed by atoms with Gasteiger partial charge in [0.25, 0.3) is 0 Å². The summed E-state index contributed by atoms with van der Waals surface area (Å²) in [7, 11) is -1.49. The Morgan fingerprint density at radius 3 is 2.48 bits per heavy atom. The molecule has 0 aliphatic carbocycles. The van der Waals surface area contributed by atoms with E-state index in [0.717, 1.165) is 25.3 Å². The minimum atomic E-state index is -3.11. The smallest absolute Gasteiger partial charge is 0.213 e. The Morgan fingerprint density at radius 1 is 1.24 bits per heavy atom. The molecule has 8 nitrogen and oxygen atoms in total. The fourth-order valence-electron chi connectivity index (χ4n) is 3.16. The number of guanidine groups is 1. The summed E-state index contributed by atoms with van der Waals surface area (Å²) in [5.41, 5.74) is 0. The lowest BCUT2D eigenvalue weighted by atomic mass is 10.1. The van der Waals surface area contributed by atoms with E-state index in [0.29, 0.717) is 31.1 Å². The van der Waals surface area contributed by atoms with E-state index in [1.165, 1.54) is 0 Å². The van der Waals surface area contributed by atoms with Gasteiger partial charge in [-0.1, -0.05) is 12.1 Å². The average molecular weight is 427 g/mol. The number of sulfonamides is 1. The van der Waals surface area contributed by atoms with Crippen molar-refractivity contribution in [2.24, 2.45) is 4.99 Å². The third-order valence-electron chi connectivity index (χ3n) is 4.80. The van der Waals surface area contributed by atoms with Crippen LogP contribution in [0.1, 0.15) is 33.6 Å². The molecule has 0 amide bonds. The monoisotopic (exact) mass is 426 g/mol. The molecular formula is C20H34N4O4S. The molecule has 1 aliphatic heterocycles. The second-order valence-electron chi connectivity index (χ2n) is 7.02. The van der Waals surface area contributed by atoms with E-state index in [-0.39, 0.29) is 17.9 Å². The molecule has 164 valence electrons. The van der Waals surface area contributed by atoms with Crippen molar-refractivity contribution in [2.75, 3.05) is 39.0 Å². The minimum Gasteiger partial charge on any atom is -0.493 e. The first-order valence-electron chi connectivity index (χ1n) is 10.2. The van der Waals surface area contributed by atoms with E-state index < -0.39 is 10.0 Å². The molecule has 1 heterocycles. The first kappa shape index (κ1) is 23.3. The van der Waals surface area contributed by atoms with Crippen LogP contribution in [0.3, 0.4) is 0 Å². The summed E-state index contributed by atoms with van der Waals surface area (Å²) < 4.78 is 36.9. The van der Waals surface area contributed by atoms with Gasteiger partial charge in [-0.25, -0.2) is 17.7 Å². The Morgan fingerprint density at radius 2 is 1.90 bits per heavy atom. The SMILES string of the molecule is CCNC(=NCC(C)Oc1ccccc1OC)NC1CCN(S(=O)(=O)CC)CC1. The zero-order valence-electron chi connectivity index (χ0n) is 17.8. The molecule has 0 aromatic heterocycles. The molecule has 29 heavy (non-hydrogen) atoms. The van der Waals surface area contributed by atoms with E-state index >= 15 is 0 Å². The lowest BCUT2D eigenvalue weighted by Gasteiger charge is -2.32. The third-order valence-corrected chi connectivity index (χ3v) is 6.68. The van der Waals surface area contributed by atoms with Crippen molar-refractivity contribution in [1.29, 1.82) is 0 Å². The van der Waals surface area contributed by atoms with Gasteiger partial charge in [0.05, 0.1) is 19.4 Å². The largest absolute Gasteiger partial charge is 0.493 e. The molecule has 0 saturated carbocycles. The number of hydrogen-bond donors (Lipinski definition) is 2. The summed E-state index contributed by atoms with van der Waals surface area (Å²) in [4.78, 5) is 4.64. The third kappa shape index (κ3) is 7.08. The normalized spacial score (nSPS) is 17.6. The maximum Gasteiger partial charge on any atom is 0.213 e. The fourth-order valence-corrected chi connectivity index (χ4v) is 4.30. The number of ether oxygens (including phenoxy) is 2. The van der Waals surface area contributed by atoms with E-state index in [2.05, 4.69) is 15.6 Å². The maximum atomic E-state index is 12.0. The van der Waals surface area contributed by atoms with Gasteiger partial charge in [0.15, 0.2) is 17.5 Å². The fraction of sp³-hybridized carbons (Fsp3) is 0.650. The number of methoxy groups -OCH3 is 1. The van der Waals surface area contributed by atoms with Gasteiger partial charge in [0.1, 0.15) is 6.10 Å². The molecule has 1 fully saturated rings. The topological polar surface area (TPSA) is 92.3 Å². The van der Waals surface area contributed by atoms with Gasteiger partial charge in [0.2, 0.25) is 10.0 Å². The number of hydrogen-bond acceptors (Lipinski definition) is 5. The summed E-state index contributed by atoms with van der Waals surface area (Å²) in [6, 6.07) is 7.74. The summed E-state index contributed by atoms with van der Waals surface area (Å²) in [6.45, 7) is 7.98. The summed E-state index contributed by atoms with van der Waals surface area (Å²) >= 11 is 0. The second-order valence-corrected chi connectivity index (χ2v) is 9.27. The van der Waals surface area contributed by atoms with Gasteiger partial charge in [-0.3, -0.25) is 0 Å². The predicted molar refractivity (Wildman–Crippen MR) is 116 cm³/mol. The van der Waals surface area contributed by atoms with Gasteiger partial charge >= 0.3 is 0 Å². The highest BCUT2D eigenvalue weighted by Crippen LogP contribution is 2.26. The molecule has 1 atom stereocenters. The number of rotatable bonds is 9. The number of benzene rings is 1. The van der Waals surface area contributed by atoms with E-state index in [1.807, 2.05) is 38.1 Å². The van der Waals surface area contributed by atoms with Crippen LogP contribution in [0.5, 0.6) is 11.5 Å². The van der Waals surface area contributed by atoms with Gasteiger partial charge in [-0.2, -0.15) is 0 Å². The summed E-state index contributed by atoms with van der Waals surface area (Å²) in [5, 5.41) is 6.68. The minimum absolute atomic E-state index is 0.127. The van der Waals surface area contributed by atoms with Gasteiger partial charge in [-0.15, -0.1) is 0 Å². The van der Waals surface area contributed by atoms with E-state index in [9.17, 15) is 8.42 Å². The molecule has 1 aliphatic rings. The standard InChI is InChI=1S/C20H34N4O4S/c1-5-21-20(23-17-11-13-24(14-12-17)29(25,26)6-2)22-15-16(3)28-19-10-8-7-9-18(19)27-4/h7-10,16-17H,5-6,11-15H2,1-4H3,(H2,21,22,23). The van der Waals surface area contributed by atoms with Gasteiger partial charge in [-0.05, 0) is 45.7 Å². The van der Waals surface area contributed by atoms with Crippen molar-refractivity contribution in [3.8, 4) is 11.5 Å². The second kappa shape index (κ2) is 11.3. The van der Waals surface area contributed by atoms with Crippen molar-refractivity contribution in [1.82, 2.24) is 14.9 Å². The molecule has 2 N–H and O–H groups in total. The van der Waals surface area contributed by atoms with Crippen molar-refractivity contribution in [3.63, 3.8) is 0 Å². The molecule has 1 aromatic carbocycles. The van der Waals surface area contributed by atoms with Crippen LogP contribution >= 0.6 is 0 Å². The number of aliphatic imine (C=N–C) groups is 1. The maximum absolute atomic E-state index is 12.0. The number of nitrogens with one attached hydrogen (secondary N) is 2. The predicted octanol–water partition coefficient (Wildman–Crippen LogP) is 1.83. The van der Waals surface area contributed by atoms with Gasteiger partial charge in [0, 0.05) is 25.7 Å². The van der Waals surface area contributed by atoms with Crippen molar-refractivity contribution in [2.45, 2.75) is 45.8 Å². The first-order valence-corrected chi connectivity index (χ1v) is 11.8. The Kier molecular flexibility index (Phi) is 9.03. The molecule has 0 radical (unpaired) electrons. The highest BCUT2D eigenvalue weighted by molar-refractivity contribution is 7.89. The van der Waals surface area contributed by atoms with Crippen LogP contribution in [-0.4, -0.2) is 69.9 Å². The Bertz CT molecular complexity index is 761. The van der Waals surface area contributed by atoms with Crippen LogP contribution in [0.25, 0.3) is 0 Å². The van der Waals surface area contributed by atoms with Crippen LogP contribution in [0, 0.1) is 0 Å². The lowest BCUT2D eigenvalue weighted by Crippen LogP contribution is -2.50. The number of para-hydroxylation sites is 2. The Balaban J connectivity index is 1.89. The molecule has 1 saturated heterocycles. The number of piperidine rings is 1. The molecule has 1 aromatic rings. The summed E-state index contributed by atoms with van der Waals surface area (Å²) in [5.74, 6) is 2.27. The average Bonchev–Trinajstić information content (AvgIpc) is 2.73. The highest BCUT2D eigenvalue weighted by atomic mass is 32.2. The zero-order chi connectivity index (χ0) is 21.3.